The van der Waals surface area contributed by atoms with Crippen LogP contribution in [0.2, 0.25) is 0 Å². The molecule has 0 spiro atoms. The maximum Gasteiger partial charge on any atom is 0.305 e. The molecule has 1 unspecified atom stereocenters. The Balaban J connectivity index is 4.15. The van der Waals surface area contributed by atoms with Gasteiger partial charge in [-0.05, 0) is 12.8 Å². The second kappa shape index (κ2) is 7.22. The predicted octanol–water partition coefficient (Wildman–Crippen LogP) is 0.683. The molecule has 0 saturated carbocycles. The Hall–Kier alpha value is -1.10. The van der Waals surface area contributed by atoms with E-state index >= 15 is 0 Å². The predicted molar refractivity (Wildman–Crippen MR) is 61.9 cm³/mol. The molecule has 0 heterocycles. The van der Waals surface area contributed by atoms with Crippen molar-refractivity contribution in [3.63, 3.8) is 0 Å². The molecule has 0 aliphatic carbocycles. The number of carboxylic acid groups (broad SMARTS) is 1. The quantitative estimate of drug-likeness (QED) is 0.673. The van der Waals surface area contributed by atoms with E-state index in [0.717, 1.165) is 0 Å². The van der Waals surface area contributed by atoms with Gasteiger partial charge in [-0.2, -0.15) is 0 Å². The molecule has 0 saturated heterocycles. The molecule has 3 N–H and O–H groups in total. The first-order valence-electron chi connectivity index (χ1n) is 5.63. The average Bonchev–Trinajstić information content (AvgIpc) is 2.17. The maximum absolute atomic E-state index is 11.8. The lowest BCUT2D eigenvalue weighted by molar-refractivity contribution is -0.138. The van der Waals surface area contributed by atoms with Gasteiger partial charge in [0.2, 0.25) is 5.91 Å². The largest absolute Gasteiger partial charge is 0.481 e. The lowest BCUT2D eigenvalue weighted by Gasteiger charge is -2.23. The van der Waals surface area contributed by atoms with E-state index in [1.54, 1.807) is 0 Å². The Morgan fingerprint density at radius 2 is 1.94 bits per heavy atom. The summed E-state index contributed by atoms with van der Waals surface area (Å²) in [6, 6.07) is -0.161. The smallest absolute Gasteiger partial charge is 0.305 e. The zero-order chi connectivity index (χ0) is 12.7. The summed E-state index contributed by atoms with van der Waals surface area (Å²) in [6.07, 6.45) is 0.265. The van der Waals surface area contributed by atoms with Gasteiger partial charge in [-0.3, -0.25) is 9.59 Å². The van der Waals surface area contributed by atoms with Gasteiger partial charge in [0.05, 0.1) is 6.42 Å². The van der Waals surface area contributed by atoms with Crippen LogP contribution in [0.3, 0.4) is 0 Å². The molecule has 0 aromatic heterocycles. The Labute approximate surface area is 96.6 Å². The summed E-state index contributed by atoms with van der Waals surface area (Å²) in [6.45, 7) is 6.55. The van der Waals surface area contributed by atoms with Crippen molar-refractivity contribution in [3.8, 4) is 0 Å². The van der Waals surface area contributed by atoms with Gasteiger partial charge in [-0.25, -0.2) is 0 Å². The molecule has 5 nitrogen and oxygen atoms in total. The van der Waals surface area contributed by atoms with Crippen LogP contribution < -0.4 is 5.73 Å². The second-order valence-corrected chi connectivity index (χ2v) is 4.23. The minimum Gasteiger partial charge on any atom is -0.481 e. The van der Waals surface area contributed by atoms with Crippen molar-refractivity contribution in [1.82, 2.24) is 4.90 Å². The molecule has 0 bridgehead atoms. The molecule has 1 amide bonds. The summed E-state index contributed by atoms with van der Waals surface area (Å²) in [5, 5.41) is 8.55. The minimum absolute atomic E-state index is 0.0174. The van der Waals surface area contributed by atoms with Crippen LogP contribution in [0.1, 0.15) is 33.6 Å². The van der Waals surface area contributed by atoms with Crippen LogP contribution in [0.5, 0.6) is 0 Å². The summed E-state index contributed by atoms with van der Waals surface area (Å²) in [4.78, 5) is 23.7. The lowest BCUT2D eigenvalue weighted by Crippen LogP contribution is -2.38. The van der Waals surface area contributed by atoms with E-state index in [0.29, 0.717) is 6.54 Å². The third-order valence-electron chi connectivity index (χ3n) is 2.60. The van der Waals surface area contributed by atoms with Crippen molar-refractivity contribution in [2.75, 3.05) is 13.1 Å². The van der Waals surface area contributed by atoms with Crippen LogP contribution in [0.15, 0.2) is 0 Å². The van der Waals surface area contributed by atoms with Gasteiger partial charge >= 0.3 is 5.97 Å². The molecule has 5 heteroatoms. The zero-order valence-electron chi connectivity index (χ0n) is 10.3. The monoisotopic (exact) mass is 230 g/mol. The number of nitrogens with zero attached hydrogens (tertiary/aromatic N) is 1. The number of hydrogen-bond acceptors (Lipinski definition) is 3. The molecule has 0 radical (unpaired) electrons. The topological polar surface area (TPSA) is 83.6 Å². The number of carbonyl (C=O) groups excluding carboxylic acids is 1. The molecule has 0 aromatic rings. The highest BCUT2D eigenvalue weighted by atomic mass is 16.4. The molecular weight excluding hydrogens is 208 g/mol. The Morgan fingerprint density at radius 1 is 1.38 bits per heavy atom. The van der Waals surface area contributed by atoms with Crippen molar-refractivity contribution >= 4 is 11.9 Å². The van der Waals surface area contributed by atoms with Crippen LogP contribution in [0.25, 0.3) is 0 Å². The number of amides is 1. The highest BCUT2D eigenvalue weighted by Gasteiger charge is 2.18. The first-order chi connectivity index (χ1) is 7.38. The molecule has 94 valence electrons. The summed E-state index contributed by atoms with van der Waals surface area (Å²) < 4.78 is 0. The molecule has 1 atom stereocenters. The standard InChI is InChI=1S/C11H22N2O3/c1-4-13(6-5-11(15)16)10(14)7-9(12)8(2)3/h8-9H,4-7,12H2,1-3H3,(H,15,16). The fourth-order valence-corrected chi connectivity index (χ4v) is 1.26. The minimum atomic E-state index is -0.889. The number of hydrogen-bond donors (Lipinski definition) is 2. The van der Waals surface area contributed by atoms with Crippen molar-refractivity contribution < 1.29 is 14.7 Å². The normalized spacial score (nSPS) is 12.6. The summed E-state index contributed by atoms with van der Waals surface area (Å²) in [5.74, 6) is -0.702. The van der Waals surface area contributed by atoms with Crippen molar-refractivity contribution in [2.24, 2.45) is 11.7 Å². The van der Waals surface area contributed by atoms with Crippen molar-refractivity contribution in [2.45, 2.75) is 39.7 Å². The van der Waals surface area contributed by atoms with Gasteiger partial charge < -0.3 is 15.7 Å². The van der Waals surface area contributed by atoms with Gasteiger partial charge in [0.1, 0.15) is 0 Å². The van der Waals surface area contributed by atoms with E-state index in [4.69, 9.17) is 10.8 Å². The van der Waals surface area contributed by atoms with E-state index in [1.807, 2.05) is 20.8 Å². The lowest BCUT2D eigenvalue weighted by atomic mass is 10.0. The number of carbonyl (C=O) groups is 2. The number of aliphatic carboxylic acids is 1. The Bertz CT molecular complexity index is 241. The van der Waals surface area contributed by atoms with Crippen LogP contribution >= 0.6 is 0 Å². The van der Waals surface area contributed by atoms with Crippen LogP contribution in [0, 0.1) is 5.92 Å². The zero-order valence-corrected chi connectivity index (χ0v) is 10.3. The van der Waals surface area contributed by atoms with E-state index < -0.39 is 5.97 Å². The van der Waals surface area contributed by atoms with Gasteiger partial charge in [-0.15, -0.1) is 0 Å². The molecule has 0 aromatic carbocycles. The van der Waals surface area contributed by atoms with Gasteiger partial charge in [0.15, 0.2) is 0 Å². The van der Waals surface area contributed by atoms with E-state index in [1.165, 1.54) is 4.90 Å². The van der Waals surface area contributed by atoms with E-state index in [2.05, 4.69) is 0 Å². The number of carboxylic acids is 1. The first kappa shape index (κ1) is 14.9. The fourth-order valence-electron chi connectivity index (χ4n) is 1.26. The van der Waals surface area contributed by atoms with Crippen LogP contribution in [-0.2, 0) is 9.59 Å². The van der Waals surface area contributed by atoms with Crippen LogP contribution in [0.4, 0.5) is 0 Å². The first-order valence-corrected chi connectivity index (χ1v) is 5.63. The Morgan fingerprint density at radius 3 is 2.31 bits per heavy atom. The average molecular weight is 230 g/mol. The molecule has 0 aliphatic heterocycles. The second-order valence-electron chi connectivity index (χ2n) is 4.23. The molecule has 0 aliphatic rings. The highest BCUT2D eigenvalue weighted by Crippen LogP contribution is 2.06. The van der Waals surface area contributed by atoms with E-state index in [9.17, 15) is 9.59 Å². The SMILES string of the molecule is CCN(CCC(=O)O)C(=O)CC(N)C(C)C. The molecule has 16 heavy (non-hydrogen) atoms. The third kappa shape index (κ3) is 5.70. The Kier molecular flexibility index (Phi) is 6.72. The van der Waals surface area contributed by atoms with Crippen molar-refractivity contribution in [1.29, 1.82) is 0 Å². The highest BCUT2D eigenvalue weighted by molar-refractivity contribution is 5.77. The summed E-state index contributed by atoms with van der Waals surface area (Å²) in [7, 11) is 0. The number of rotatable bonds is 7. The van der Waals surface area contributed by atoms with Gasteiger partial charge in [0, 0.05) is 25.6 Å². The van der Waals surface area contributed by atoms with Crippen molar-refractivity contribution in [3.05, 3.63) is 0 Å². The number of nitrogens with two attached hydrogens (primary N) is 1. The maximum atomic E-state index is 11.8. The van der Waals surface area contributed by atoms with Gasteiger partial charge in [0.25, 0.3) is 0 Å². The third-order valence-corrected chi connectivity index (χ3v) is 2.60. The summed E-state index contributed by atoms with van der Waals surface area (Å²) >= 11 is 0. The molecule has 0 rings (SSSR count). The molecule has 0 fully saturated rings. The summed E-state index contributed by atoms with van der Waals surface area (Å²) in [5.41, 5.74) is 5.80. The molecular formula is C11H22N2O3. The van der Waals surface area contributed by atoms with Gasteiger partial charge in [-0.1, -0.05) is 13.8 Å². The van der Waals surface area contributed by atoms with E-state index in [-0.39, 0.29) is 37.3 Å². The van der Waals surface area contributed by atoms with Crippen LogP contribution in [-0.4, -0.2) is 41.0 Å². The fraction of sp³-hybridized carbons (Fsp3) is 0.818.